The Morgan fingerprint density at radius 2 is 1.46 bits per heavy atom. The summed E-state index contributed by atoms with van der Waals surface area (Å²) in [4.78, 5) is 52.8. The molecule has 3 aromatic rings. The Labute approximate surface area is 373 Å². The molecule has 2 aromatic carbocycles. The number of hydrogen-bond acceptors (Lipinski definition) is 12. The number of hydrogen-bond donors (Lipinski definition) is 5. The van der Waals surface area contributed by atoms with Gasteiger partial charge in [0.1, 0.15) is 42.8 Å². The maximum absolute atomic E-state index is 14.4. The van der Waals surface area contributed by atoms with Crippen LogP contribution in [0.5, 0.6) is 5.75 Å². The molecule has 4 rings (SSSR count). The van der Waals surface area contributed by atoms with Crippen LogP contribution in [-0.2, 0) is 36.3 Å². The van der Waals surface area contributed by atoms with Gasteiger partial charge in [0.05, 0.1) is 26.3 Å². The highest BCUT2D eigenvalue weighted by molar-refractivity contribution is 6.74. The minimum atomic E-state index is -2.65. The first kappa shape index (κ1) is 51.5. The molecule has 5 N–H and O–H groups in total. The monoisotopic (exact) mass is 913 g/mol. The zero-order valence-corrected chi connectivity index (χ0v) is 41.1. The van der Waals surface area contributed by atoms with Gasteiger partial charge in [0.25, 0.3) is 5.56 Å². The molecule has 0 radical (unpaired) electrons. The van der Waals surface area contributed by atoms with Crippen molar-refractivity contribution in [3.63, 3.8) is 0 Å². The molecule has 1 aromatic heterocycles. The Balaban J connectivity index is 1.57. The number of amides is 2. The topological polar surface area (TPSA) is 201 Å². The van der Waals surface area contributed by atoms with Gasteiger partial charge in [-0.2, -0.15) is 0 Å². The van der Waals surface area contributed by atoms with Crippen LogP contribution in [0.25, 0.3) is 0 Å². The molecule has 1 aliphatic rings. The number of aromatic nitrogens is 2. The van der Waals surface area contributed by atoms with Crippen LogP contribution in [-0.4, -0.2) is 111 Å². The molecular weight excluding hydrogens is 843 g/mol. The predicted molar refractivity (Wildman–Crippen MR) is 247 cm³/mol. The van der Waals surface area contributed by atoms with Gasteiger partial charge in [0.2, 0.25) is 5.91 Å². The molecule has 16 nitrogen and oxygen atoms in total. The summed E-state index contributed by atoms with van der Waals surface area (Å²) in [6.07, 6.45) is -4.26. The maximum Gasteiger partial charge on any atom is 0.408 e. The van der Waals surface area contributed by atoms with Crippen LogP contribution in [0, 0.1) is 0 Å². The predicted octanol–water partition coefficient (Wildman–Crippen LogP) is 4.88. The summed E-state index contributed by atoms with van der Waals surface area (Å²) in [6, 6.07) is 15.8. The summed E-state index contributed by atoms with van der Waals surface area (Å²) in [5.41, 5.74) is 0.412. The number of carbonyl (C=O) groups excluding carboxylic acids is 2. The van der Waals surface area contributed by atoms with Crippen LogP contribution >= 0.6 is 0 Å². The minimum absolute atomic E-state index is 0.00733. The van der Waals surface area contributed by atoms with Crippen LogP contribution in [0.3, 0.4) is 0 Å². The van der Waals surface area contributed by atoms with Gasteiger partial charge in [0, 0.05) is 18.8 Å². The Kier molecular flexibility index (Phi) is 17.7. The third-order valence-corrected chi connectivity index (χ3v) is 21.5. The highest BCUT2D eigenvalue weighted by Crippen LogP contribution is 2.46. The van der Waals surface area contributed by atoms with Crippen LogP contribution in [0.15, 0.2) is 76.4 Å². The standard InChI is InChI=1S/C45H71N5O11Si2/c1-30(48-42(55)58-29-32-17-14-13-15-18-32)40(54)47-25-16-24-46-34(28-51)36(53)37-38(60-62(9,10)44(2,3)4)39(61-63(11,12)45(5,6)7)41(59-37)49-26-23-35(52)50(43(49)56)27-31-19-21-33(57-8)22-20-31/h13-15,17-23,26,30,34,36-39,41,46,51,53H,16,24-25,27-29H2,1-12H3,(H,47,54)(H,48,55)/t30-,34-,36+,37?,38+,39+,41+/m0/s1. The molecule has 1 fully saturated rings. The first-order valence-electron chi connectivity index (χ1n) is 21.6. The van der Waals surface area contributed by atoms with Crippen molar-refractivity contribution < 1.29 is 42.9 Å². The molecule has 1 aliphatic heterocycles. The molecule has 1 unspecified atom stereocenters. The second-order valence-electron chi connectivity index (χ2n) is 19.3. The number of carbonyl (C=O) groups is 2. The van der Waals surface area contributed by atoms with Gasteiger partial charge in [-0.3, -0.25) is 18.7 Å². The van der Waals surface area contributed by atoms with Gasteiger partial charge < -0.3 is 49.2 Å². The van der Waals surface area contributed by atoms with E-state index in [0.29, 0.717) is 17.7 Å². The van der Waals surface area contributed by atoms with Crippen molar-refractivity contribution >= 4 is 28.6 Å². The smallest absolute Gasteiger partial charge is 0.408 e. The Bertz CT molecular complexity index is 2070. The lowest BCUT2D eigenvalue weighted by Gasteiger charge is -2.44. The first-order valence-corrected chi connectivity index (χ1v) is 27.5. The molecule has 0 saturated carbocycles. The van der Waals surface area contributed by atoms with Gasteiger partial charge >= 0.3 is 11.8 Å². The van der Waals surface area contributed by atoms with E-state index in [1.54, 1.807) is 38.3 Å². The van der Waals surface area contributed by atoms with Gasteiger partial charge in [0.15, 0.2) is 22.9 Å². The summed E-state index contributed by atoms with van der Waals surface area (Å²) in [6.45, 7) is 22.7. The van der Waals surface area contributed by atoms with Crippen molar-refractivity contribution in [3.05, 3.63) is 98.8 Å². The molecule has 0 spiro atoms. The number of nitrogens with one attached hydrogen (secondary N) is 3. The normalized spacial score (nSPS) is 19.8. The fourth-order valence-electron chi connectivity index (χ4n) is 6.51. The highest BCUT2D eigenvalue weighted by atomic mass is 28.4. The average Bonchev–Trinajstić information content (AvgIpc) is 3.54. The lowest BCUT2D eigenvalue weighted by atomic mass is 10.00. The lowest BCUT2D eigenvalue weighted by Crippen LogP contribution is -2.58. The second kappa shape index (κ2) is 21.7. The Hall–Kier alpha value is -4.15. The van der Waals surface area contributed by atoms with E-state index in [1.165, 1.54) is 16.8 Å². The number of aliphatic hydroxyl groups excluding tert-OH is 2. The van der Waals surface area contributed by atoms with E-state index in [2.05, 4.69) is 83.7 Å². The van der Waals surface area contributed by atoms with Crippen molar-refractivity contribution in [2.45, 2.75) is 147 Å². The lowest BCUT2D eigenvalue weighted by molar-refractivity contribution is -0.122. The number of aliphatic hydroxyl groups is 2. The number of ether oxygens (including phenoxy) is 3. The van der Waals surface area contributed by atoms with Gasteiger partial charge in [-0.05, 0) is 79.4 Å². The van der Waals surface area contributed by atoms with Crippen molar-refractivity contribution in [1.29, 1.82) is 0 Å². The van der Waals surface area contributed by atoms with E-state index in [0.717, 1.165) is 10.1 Å². The van der Waals surface area contributed by atoms with E-state index in [9.17, 15) is 29.4 Å². The van der Waals surface area contributed by atoms with Crippen LogP contribution < -0.4 is 31.9 Å². The molecule has 2 heterocycles. The van der Waals surface area contributed by atoms with Crippen molar-refractivity contribution in [1.82, 2.24) is 25.1 Å². The van der Waals surface area contributed by atoms with Gasteiger partial charge in [-0.25, -0.2) is 9.59 Å². The molecule has 0 bridgehead atoms. The van der Waals surface area contributed by atoms with Crippen LogP contribution in [0.1, 0.15) is 72.2 Å². The molecule has 7 atom stereocenters. The van der Waals surface area contributed by atoms with E-state index in [-0.39, 0.29) is 36.3 Å². The highest BCUT2D eigenvalue weighted by Gasteiger charge is 2.57. The van der Waals surface area contributed by atoms with Crippen molar-refractivity contribution in [3.8, 4) is 5.75 Å². The molecular formula is C45H71N5O11Si2. The number of alkyl carbamates (subject to hydrolysis) is 1. The van der Waals surface area contributed by atoms with Crippen molar-refractivity contribution in [2.75, 3.05) is 26.8 Å². The fraction of sp³-hybridized carbons (Fsp3) is 0.600. The van der Waals surface area contributed by atoms with E-state index in [4.69, 9.17) is 23.1 Å². The van der Waals surface area contributed by atoms with E-state index < -0.39 is 89.2 Å². The molecule has 1 saturated heterocycles. The summed E-state index contributed by atoms with van der Waals surface area (Å²) in [5.74, 6) is 0.235. The minimum Gasteiger partial charge on any atom is -0.497 e. The zero-order chi connectivity index (χ0) is 46.9. The van der Waals surface area contributed by atoms with Crippen LogP contribution in [0.4, 0.5) is 4.79 Å². The summed E-state index contributed by atoms with van der Waals surface area (Å²) in [5, 5.41) is 30.9. The summed E-state index contributed by atoms with van der Waals surface area (Å²) >= 11 is 0. The number of nitrogens with zero attached hydrogens (tertiary/aromatic N) is 2. The second-order valence-corrected chi connectivity index (χ2v) is 28.8. The number of benzene rings is 2. The first-order chi connectivity index (χ1) is 29.4. The Morgan fingerprint density at radius 3 is 2.03 bits per heavy atom. The third kappa shape index (κ3) is 13.4. The van der Waals surface area contributed by atoms with Gasteiger partial charge in [-0.15, -0.1) is 0 Å². The average molecular weight is 914 g/mol. The van der Waals surface area contributed by atoms with E-state index >= 15 is 0 Å². The largest absolute Gasteiger partial charge is 0.497 e. The third-order valence-electron chi connectivity index (χ3n) is 12.5. The molecule has 18 heteroatoms. The number of methoxy groups -OCH3 is 1. The Morgan fingerprint density at radius 1 is 0.857 bits per heavy atom. The molecule has 63 heavy (non-hydrogen) atoms. The number of rotatable bonds is 20. The molecule has 0 aliphatic carbocycles. The SMILES string of the molecule is COc1ccc(Cn2c(=O)ccn([C@@H]3OC([C@H](O)[C@H](CO)NCCCNC(=O)[C@H](C)NC(=O)OCc4ccccc4)[C@@H](O[Si](C)(C)C(C)(C)C)[C@H]3O[Si](C)(C)C(C)(C)C)c2=O)cc1. The maximum atomic E-state index is 14.4. The van der Waals surface area contributed by atoms with Crippen molar-refractivity contribution in [2.24, 2.45) is 0 Å². The fourth-order valence-corrected chi connectivity index (χ4v) is 9.10. The molecule has 2 amide bonds. The molecule has 350 valence electrons. The van der Waals surface area contributed by atoms with E-state index in [1.807, 2.05) is 30.3 Å². The quantitative estimate of drug-likeness (QED) is 0.0762. The zero-order valence-electron chi connectivity index (χ0n) is 39.1. The summed E-state index contributed by atoms with van der Waals surface area (Å²) < 4.78 is 34.1. The van der Waals surface area contributed by atoms with Gasteiger partial charge in [-0.1, -0.05) is 84.0 Å². The summed E-state index contributed by atoms with van der Waals surface area (Å²) in [7, 11) is -3.73. The van der Waals surface area contributed by atoms with Crippen LogP contribution in [0.2, 0.25) is 36.3 Å².